The lowest BCUT2D eigenvalue weighted by Gasteiger charge is -2.08. The van der Waals surface area contributed by atoms with Crippen LogP contribution in [0.15, 0.2) is 47.4 Å². The number of nitrogens with two attached hydrogens (primary N) is 1. The maximum absolute atomic E-state index is 11.7. The summed E-state index contributed by atoms with van der Waals surface area (Å²) < 4.78 is 33.7. The van der Waals surface area contributed by atoms with Gasteiger partial charge in [0.1, 0.15) is 16.4 Å². The Morgan fingerprint density at radius 3 is 2.43 bits per heavy atom. The van der Waals surface area contributed by atoms with Crippen LogP contribution in [0.1, 0.15) is 0 Å². The molecule has 0 bridgehead atoms. The molecule has 0 unspecified atom stereocenters. The van der Waals surface area contributed by atoms with Crippen LogP contribution in [-0.2, 0) is 10.0 Å². The van der Waals surface area contributed by atoms with Crippen molar-refractivity contribution in [3.8, 4) is 22.8 Å². The Labute approximate surface area is 133 Å². The molecular weight excluding hydrogens is 316 g/mol. The van der Waals surface area contributed by atoms with Crippen LogP contribution in [0.25, 0.3) is 22.2 Å². The molecule has 0 aliphatic carbocycles. The van der Waals surface area contributed by atoms with E-state index in [2.05, 4.69) is 4.98 Å². The second-order valence-corrected chi connectivity index (χ2v) is 6.58. The lowest BCUT2D eigenvalue weighted by atomic mass is 10.1. The molecule has 0 aliphatic heterocycles. The summed E-state index contributed by atoms with van der Waals surface area (Å²) in [4.78, 5) is 3.20. The first-order chi connectivity index (χ1) is 10.9. The number of aromatic amines is 1. The zero-order valence-corrected chi connectivity index (χ0v) is 13.5. The van der Waals surface area contributed by atoms with E-state index < -0.39 is 10.0 Å². The van der Waals surface area contributed by atoms with Crippen molar-refractivity contribution >= 4 is 20.9 Å². The van der Waals surface area contributed by atoms with Gasteiger partial charge in [0, 0.05) is 16.6 Å². The van der Waals surface area contributed by atoms with Crippen molar-refractivity contribution in [2.24, 2.45) is 5.14 Å². The molecule has 6 nitrogen and oxygen atoms in total. The van der Waals surface area contributed by atoms with Crippen LogP contribution in [0.2, 0.25) is 0 Å². The Balaban J connectivity index is 2.15. The van der Waals surface area contributed by atoms with Crippen LogP contribution in [0.3, 0.4) is 0 Å². The standard InChI is InChI=1S/C16H16N2O4S/c1-21-12-4-5-13-11(7-12)8-14(18-13)10-3-6-15(22-2)16(9-10)23(17,19)20/h3-9,18H,1-2H3,(H2,17,19,20). The minimum atomic E-state index is -3.88. The predicted molar refractivity (Wildman–Crippen MR) is 88.2 cm³/mol. The van der Waals surface area contributed by atoms with Gasteiger partial charge in [-0.15, -0.1) is 0 Å². The van der Waals surface area contributed by atoms with Gasteiger partial charge in [-0.1, -0.05) is 0 Å². The Morgan fingerprint density at radius 2 is 1.78 bits per heavy atom. The Morgan fingerprint density at radius 1 is 1.00 bits per heavy atom. The second-order valence-electron chi connectivity index (χ2n) is 5.05. The molecule has 120 valence electrons. The largest absolute Gasteiger partial charge is 0.497 e. The van der Waals surface area contributed by atoms with Gasteiger partial charge in [0.25, 0.3) is 0 Å². The number of hydrogen-bond acceptors (Lipinski definition) is 4. The van der Waals surface area contributed by atoms with Gasteiger partial charge in [-0.05, 0) is 48.0 Å². The molecule has 1 aromatic heterocycles. The van der Waals surface area contributed by atoms with Gasteiger partial charge in [0.15, 0.2) is 0 Å². The fraction of sp³-hybridized carbons (Fsp3) is 0.125. The summed E-state index contributed by atoms with van der Waals surface area (Å²) in [6, 6.07) is 12.4. The van der Waals surface area contributed by atoms with Crippen molar-refractivity contribution in [2.45, 2.75) is 4.90 Å². The molecule has 0 radical (unpaired) electrons. The molecule has 3 N–H and O–H groups in total. The third-order valence-corrected chi connectivity index (χ3v) is 4.54. The summed E-state index contributed by atoms with van der Waals surface area (Å²) >= 11 is 0. The second kappa shape index (κ2) is 5.60. The SMILES string of the molecule is COc1ccc2[nH]c(-c3ccc(OC)c(S(N)(=O)=O)c3)cc2c1. The van der Waals surface area contributed by atoms with Crippen LogP contribution in [-0.4, -0.2) is 27.6 Å². The van der Waals surface area contributed by atoms with Gasteiger partial charge in [0.2, 0.25) is 10.0 Å². The Hall–Kier alpha value is -2.51. The van der Waals surface area contributed by atoms with Gasteiger partial charge >= 0.3 is 0 Å². The van der Waals surface area contributed by atoms with Gasteiger partial charge in [-0.2, -0.15) is 0 Å². The molecule has 3 rings (SSSR count). The summed E-state index contributed by atoms with van der Waals surface area (Å²) in [7, 11) is -0.866. The topological polar surface area (TPSA) is 94.4 Å². The molecule has 0 aliphatic rings. The normalized spacial score (nSPS) is 11.6. The first-order valence-electron chi connectivity index (χ1n) is 6.80. The number of rotatable bonds is 4. The summed E-state index contributed by atoms with van der Waals surface area (Å²) in [6.45, 7) is 0. The minimum absolute atomic E-state index is 0.0475. The fourth-order valence-electron chi connectivity index (χ4n) is 2.46. The number of fused-ring (bicyclic) bond motifs is 1. The number of sulfonamides is 1. The van der Waals surface area contributed by atoms with Crippen LogP contribution in [0.4, 0.5) is 0 Å². The van der Waals surface area contributed by atoms with E-state index in [0.29, 0.717) is 5.56 Å². The van der Waals surface area contributed by atoms with Gasteiger partial charge in [-0.25, -0.2) is 13.6 Å². The van der Waals surface area contributed by atoms with E-state index in [-0.39, 0.29) is 10.6 Å². The highest BCUT2D eigenvalue weighted by molar-refractivity contribution is 7.89. The Bertz CT molecular complexity index is 977. The van der Waals surface area contributed by atoms with Gasteiger partial charge in [-0.3, -0.25) is 0 Å². The average molecular weight is 332 g/mol. The molecular formula is C16H16N2O4S. The molecule has 0 fully saturated rings. The van der Waals surface area contributed by atoms with Crippen LogP contribution < -0.4 is 14.6 Å². The minimum Gasteiger partial charge on any atom is -0.497 e. The molecule has 0 saturated heterocycles. The van der Waals surface area contributed by atoms with E-state index in [0.717, 1.165) is 22.3 Å². The van der Waals surface area contributed by atoms with Crippen molar-refractivity contribution in [1.82, 2.24) is 4.98 Å². The molecule has 2 aromatic carbocycles. The lowest BCUT2D eigenvalue weighted by Crippen LogP contribution is -2.13. The summed E-state index contributed by atoms with van der Waals surface area (Å²) in [5.74, 6) is 0.969. The van der Waals surface area contributed by atoms with E-state index in [1.165, 1.54) is 13.2 Å². The maximum Gasteiger partial charge on any atom is 0.241 e. The van der Waals surface area contributed by atoms with Crippen molar-refractivity contribution < 1.29 is 17.9 Å². The number of aromatic nitrogens is 1. The van der Waals surface area contributed by atoms with E-state index >= 15 is 0 Å². The number of H-pyrrole nitrogens is 1. The number of ether oxygens (including phenoxy) is 2. The zero-order chi connectivity index (χ0) is 16.6. The first kappa shape index (κ1) is 15.4. The molecule has 1 heterocycles. The predicted octanol–water partition coefficient (Wildman–Crippen LogP) is 2.50. The number of benzene rings is 2. The molecule has 23 heavy (non-hydrogen) atoms. The highest BCUT2D eigenvalue weighted by Crippen LogP contribution is 2.31. The van der Waals surface area contributed by atoms with Crippen LogP contribution in [0, 0.1) is 0 Å². The van der Waals surface area contributed by atoms with Crippen molar-refractivity contribution in [2.75, 3.05) is 14.2 Å². The van der Waals surface area contributed by atoms with Gasteiger partial charge in [0.05, 0.1) is 14.2 Å². The van der Waals surface area contributed by atoms with Crippen LogP contribution >= 0.6 is 0 Å². The summed E-state index contributed by atoms with van der Waals surface area (Å²) in [5.41, 5.74) is 2.40. The fourth-order valence-corrected chi connectivity index (χ4v) is 3.18. The van der Waals surface area contributed by atoms with E-state index in [1.54, 1.807) is 19.2 Å². The third-order valence-electron chi connectivity index (χ3n) is 3.61. The molecule has 7 heteroatoms. The summed E-state index contributed by atoms with van der Waals surface area (Å²) in [5, 5.41) is 6.22. The summed E-state index contributed by atoms with van der Waals surface area (Å²) in [6.07, 6.45) is 0. The lowest BCUT2D eigenvalue weighted by molar-refractivity contribution is 0.403. The number of primary sulfonamides is 1. The highest BCUT2D eigenvalue weighted by Gasteiger charge is 2.16. The molecule has 3 aromatic rings. The first-order valence-corrected chi connectivity index (χ1v) is 8.35. The maximum atomic E-state index is 11.7. The monoisotopic (exact) mass is 332 g/mol. The van der Waals surface area contributed by atoms with Crippen molar-refractivity contribution in [1.29, 1.82) is 0 Å². The average Bonchev–Trinajstić information content (AvgIpc) is 2.96. The van der Waals surface area contributed by atoms with E-state index in [9.17, 15) is 8.42 Å². The van der Waals surface area contributed by atoms with Crippen molar-refractivity contribution in [3.63, 3.8) is 0 Å². The third kappa shape index (κ3) is 2.88. The van der Waals surface area contributed by atoms with E-state index in [4.69, 9.17) is 14.6 Å². The molecule has 0 saturated carbocycles. The number of hydrogen-bond donors (Lipinski definition) is 2. The number of nitrogens with one attached hydrogen (secondary N) is 1. The van der Waals surface area contributed by atoms with E-state index in [1.807, 2.05) is 24.3 Å². The molecule has 0 spiro atoms. The molecule has 0 amide bonds. The van der Waals surface area contributed by atoms with Crippen LogP contribution in [0.5, 0.6) is 11.5 Å². The molecule has 0 atom stereocenters. The zero-order valence-electron chi connectivity index (χ0n) is 12.7. The highest BCUT2D eigenvalue weighted by atomic mass is 32.2. The number of methoxy groups -OCH3 is 2. The Kier molecular flexibility index (Phi) is 3.75. The van der Waals surface area contributed by atoms with Gasteiger partial charge < -0.3 is 14.5 Å². The smallest absolute Gasteiger partial charge is 0.241 e. The quantitative estimate of drug-likeness (QED) is 0.767. The van der Waals surface area contributed by atoms with Crippen molar-refractivity contribution in [3.05, 3.63) is 42.5 Å².